The predicted octanol–water partition coefficient (Wildman–Crippen LogP) is -0.769. The Kier molecular flexibility index (Phi) is 311. The van der Waals surface area contributed by atoms with Gasteiger partial charge in [0.2, 0.25) is 0 Å². The van der Waals surface area contributed by atoms with Gasteiger partial charge in [-0.15, -0.1) is 0 Å². The third-order valence-corrected chi connectivity index (χ3v) is 0. The molecule has 0 aliphatic rings. The van der Waals surface area contributed by atoms with E-state index in [1.54, 1.807) is 0 Å². The molecule has 0 aromatic carbocycles. The van der Waals surface area contributed by atoms with E-state index in [9.17, 15) is 0 Å². The Morgan fingerprint density at radius 2 is 1.00 bits per heavy atom. The molecule has 8 radical (unpaired) electrons. The summed E-state index contributed by atoms with van der Waals surface area (Å²) in [6, 6.07) is 0. The summed E-state index contributed by atoms with van der Waals surface area (Å²) in [6.07, 6.45) is 0. The van der Waals surface area contributed by atoms with Gasteiger partial charge in [-0.3, -0.25) is 0 Å². The van der Waals surface area contributed by atoms with Crippen LogP contribution in [-0.2, 0) is 51.2 Å². The van der Waals surface area contributed by atoms with E-state index in [1.165, 1.54) is 0 Å². The minimum Gasteiger partial charge on any atom is 0 e. The fraction of sp³-hybridized carbons (Fsp3) is 0. The summed E-state index contributed by atoms with van der Waals surface area (Å²) in [5.41, 5.74) is 0. The van der Waals surface area contributed by atoms with E-state index in [4.69, 9.17) is 0 Å². The predicted molar refractivity (Wildman–Crippen MR) is 11.5 cm³/mol. The van der Waals surface area contributed by atoms with Gasteiger partial charge >= 0.3 is 0 Å². The Balaban J connectivity index is 0. The summed E-state index contributed by atoms with van der Waals surface area (Å²) < 4.78 is 0. The van der Waals surface area contributed by atoms with Gasteiger partial charge in [0, 0.05) is 85.2 Å². The molecule has 0 aliphatic heterocycles. The van der Waals surface area contributed by atoms with Crippen molar-refractivity contribution in [3.05, 3.63) is 0 Å². The van der Waals surface area contributed by atoms with Gasteiger partial charge in [0.05, 0.1) is 0 Å². The van der Waals surface area contributed by atoms with E-state index < -0.39 is 0 Å². The van der Waals surface area contributed by atoms with Crippen molar-refractivity contribution in [3.8, 4) is 0 Å². The Morgan fingerprint density at radius 3 is 1.00 bits per heavy atom. The van der Waals surface area contributed by atoms with Crippen LogP contribution in [0.2, 0.25) is 0 Å². The minimum absolute atomic E-state index is 0. The third-order valence-electron chi connectivity index (χ3n) is 0. The van der Waals surface area contributed by atoms with Crippen LogP contribution in [0.3, 0.4) is 0 Å². The first kappa shape index (κ1) is 50.0. The van der Waals surface area contributed by atoms with Crippen LogP contribution in [0.25, 0.3) is 0 Å². The van der Waals surface area contributed by atoms with E-state index in [-0.39, 0.29) is 85.2 Å². The average Bonchev–Trinajstić information content (AvgIpc) is 0. The van der Waals surface area contributed by atoms with Crippen molar-refractivity contribution in [1.29, 1.82) is 0 Å². The second-order valence-corrected chi connectivity index (χ2v) is 0. The van der Waals surface area contributed by atoms with Crippen LogP contribution >= 0.6 is 0 Å². The first-order chi connectivity index (χ1) is 0. The quantitative estimate of drug-likeness (QED) is 0.476. The molecule has 0 atom stereocenters. The largest absolute Gasteiger partial charge is 0 e. The molecule has 0 saturated heterocycles. The SMILES string of the molecule is [Cu].[Fe].[Mg].[Mn].[Si]. The number of hydrogen-bond acceptors (Lipinski definition) is 0. The maximum Gasteiger partial charge on any atom is 0 e. The topological polar surface area (TPSA) is 0 Å². The molecule has 32 valence electrons. The molecule has 0 spiro atoms. The molecule has 0 N–H and O–H groups in total. The zero-order chi connectivity index (χ0) is 0. The van der Waals surface area contributed by atoms with E-state index in [0.717, 1.165) is 0 Å². The van der Waals surface area contributed by atoms with Crippen LogP contribution in [0.4, 0.5) is 0 Å². The molecule has 0 nitrogen and oxygen atoms in total. The Hall–Kier alpha value is 2.54. The Labute approximate surface area is 84.2 Å². The van der Waals surface area contributed by atoms with E-state index >= 15 is 0 Å². The van der Waals surface area contributed by atoms with Gasteiger partial charge in [0.15, 0.2) is 0 Å². The van der Waals surface area contributed by atoms with Gasteiger partial charge < -0.3 is 0 Å². The fourth-order valence-electron chi connectivity index (χ4n) is 0. The van der Waals surface area contributed by atoms with Gasteiger partial charge in [-0.05, 0) is 0 Å². The summed E-state index contributed by atoms with van der Waals surface area (Å²) in [5, 5.41) is 0. The van der Waals surface area contributed by atoms with Gasteiger partial charge in [-0.2, -0.15) is 0 Å². The van der Waals surface area contributed by atoms with E-state index in [1.807, 2.05) is 0 Å². The summed E-state index contributed by atoms with van der Waals surface area (Å²) in [6.45, 7) is 0. The average molecular weight is 227 g/mol. The van der Waals surface area contributed by atoms with Crippen LogP contribution < -0.4 is 0 Å². The normalized spacial score (nSPS) is 0. The third kappa shape index (κ3) is 20.9. The summed E-state index contributed by atoms with van der Waals surface area (Å²) in [5.74, 6) is 0. The molecule has 0 aromatic heterocycles. The Bertz CT molecular complexity index is 11.6. The second kappa shape index (κ2) is 31.1. The molecule has 0 amide bonds. The smallest absolute Gasteiger partial charge is 0 e. The number of rotatable bonds is 0. The zero-order valence-corrected chi connectivity index (χ0v) is 7.88. The van der Waals surface area contributed by atoms with E-state index in [0.29, 0.717) is 0 Å². The molecule has 0 bridgehead atoms. The van der Waals surface area contributed by atoms with Crippen molar-refractivity contribution in [2.24, 2.45) is 0 Å². The summed E-state index contributed by atoms with van der Waals surface area (Å²) in [4.78, 5) is 0. The van der Waals surface area contributed by atoms with Crippen LogP contribution in [0.5, 0.6) is 0 Å². The maximum absolute atomic E-state index is 0. The first-order valence-electron chi connectivity index (χ1n) is 0. The van der Waals surface area contributed by atoms with Crippen molar-refractivity contribution >= 4 is 34.0 Å². The summed E-state index contributed by atoms with van der Waals surface area (Å²) >= 11 is 0. The van der Waals surface area contributed by atoms with Crippen LogP contribution in [0, 0.1) is 0 Å². The molecule has 0 rings (SSSR count). The van der Waals surface area contributed by atoms with Gasteiger partial charge in [-0.1, -0.05) is 0 Å². The second-order valence-electron chi connectivity index (χ2n) is 0. The molecule has 0 unspecified atom stereocenters. The van der Waals surface area contributed by atoms with Crippen LogP contribution in [0.15, 0.2) is 0 Å². The molecular formula is CuFeMgMnSi. The maximum atomic E-state index is 0. The molecule has 0 fully saturated rings. The molecule has 0 aromatic rings. The van der Waals surface area contributed by atoms with Crippen molar-refractivity contribution in [3.63, 3.8) is 0 Å². The van der Waals surface area contributed by atoms with Crippen molar-refractivity contribution in [1.82, 2.24) is 0 Å². The van der Waals surface area contributed by atoms with Crippen molar-refractivity contribution in [2.45, 2.75) is 0 Å². The summed E-state index contributed by atoms with van der Waals surface area (Å²) in [7, 11) is 0. The molecule has 5 heteroatoms. The molecule has 0 saturated carbocycles. The molecular weight excluding hydrogens is 227 g/mol. The number of hydrogen-bond donors (Lipinski definition) is 0. The molecule has 0 aliphatic carbocycles. The monoisotopic (exact) mass is 226 g/mol. The van der Waals surface area contributed by atoms with Crippen molar-refractivity contribution in [2.75, 3.05) is 0 Å². The zero-order valence-electron chi connectivity index (χ0n) is 2.24. The van der Waals surface area contributed by atoms with Crippen LogP contribution in [-0.4, -0.2) is 34.0 Å². The fourth-order valence-corrected chi connectivity index (χ4v) is 0. The van der Waals surface area contributed by atoms with Gasteiger partial charge in [-0.25, -0.2) is 0 Å². The minimum atomic E-state index is 0. The van der Waals surface area contributed by atoms with Gasteiger partial charge in [0.1, 0.15) is 0 Å². The molecule has 0 heterocycles. The van der Waals surface area contributed by atoms with Crippen LogP contribution in [0.1, 0.15) is 0 Å². The Morgan fingerprint density at radius 1 is 1.00 bits per heavy atom. The first-order valence-corrected chi connectivity index (χ1v) is 0. The van der Waals surface area contributed by atoms with E-state index in [2.05, 4.69) is 0 Å². The van der Waals surface area contributed by atoms with Gasteiger partial charge in [0.25, 0.3) is 0 Å². The standard InChI is InChI=1S/Cu.Fe.Mg.Mn.Si. The molecule has 5 heavy (non-hydrogen) atoms. The van der Waals surface area contributed by atoms with Crippen molar-refractivity contribution < 1.29 is 51.2 Å².